The molecule has 0 bridgehead atoms. The molecule has 1 saturated heterocycles. The molecule has 1 unspecified atom stereocenters. The van der Waals surface area contributed by atoms with Gasteiger partial charge in [-0.2, -0.15) is 0 Å². The number of carboxylic acids is 1. The van der Waals surface area contributed by atoms with E-state index in [9.17, 15) is 4.79 Å². The average Bonchev–Trinajstić information content (AvgIpc) is 2.68. The monoisotopic (exact) mass is 210 g/mol. The minimum atomic E-state index is -0.783. The fraction of sp³-hybridized carbons (Fsp3) is 0.333. The SMILES string of the molecule is O=C(O)C1CS[C@H](c2ccncc2)N1. The van der Waals surface area contributed by atoms with E-state index in [1.165, 1.54) is 0 Å². The first-order valence-corrected chi connectivity index (χ1v) is 5.32. The molecule has 4 nitrogen and oxygen atoms in total. The van der Waals surface area contributed by atoms with Crippen LogP contribution in [0.1, 0.15) is 10.9 Å². The molecule has 2 atom stereocenters. The maximum absolute atomic E-state index is 10.7. The Bertz CT molecular complexity index is 331. The number of carbonyl (C=O) groups is 1. The van der Waals surface area contributed by atoms with Gasteiger partial charge in [0.25, 0.3) is 0 Å². The Morgan fingerprint density at radius 3 is 2.86 bits per heavy atom. The lowest BCUT2D eigenvalue weighted by molar-refractivity contribution is -0.138. The second kappa shape index (κ2) is 3.98. The molecule has 2 heterocycles. The van der Waals surface area contributed by atoms with Gasteiger partial charge in [-0.1, -0.05) is 0 Å². The van der Waals surface area contributed by atoms with Gasteiger partial charge < -0.3 is 5.11 Å². The Morgan fingerprint density at radius 1 is 1.57 bits per heavy atom. The van der Waals surface area contributed by atoms with Crippen LogP contribution in [0, 0.1) is 0 Å². The minimum absolute atomic E-state index is 0.0825. The van der Waals surface area contributed by atoms with Gasteiger partial charge in [-0.05, 0) is 17.7 Å². The van der Waals surface area contributed by atoms with E-state index in [4.69, 9.17) is 5.11 Å². The predicted molar refractivity (Wildman–Crippen MR) is 54.0 cm³/mol. The molecule has 1 aliphatic rings. The fourth-order valence-electron chi connectivity index (χ4n) is 1.34. The molecule has 1 aromatic heterocycles. The van der Waals surface area contributed by atoms with Crippen molar-refractivity contribution in [2.45, 2.75) is 11.4 Å². The number of hydrogen-bond donors (Lipinski definition) is 2. The van der Waals surface area contributed by atoms with Crippen LogP contribution >= 0.6 is 11.8 Å². The Labute approximate surface area is 85.7 Å². The van der Waals surface area contributed by atoms with E-state index in [2.05, 4.69) is 10.3 Å². The van der Waals surface area contributed by atoms with E-state index >= 15 is 0 Å². The molecule has 74 valence electrons. The lowest BCUT2D eigenvalue weighted by Gasteiger charge is -2.10. The smallest absolute Gasteiger partial charge is 0.321 e. The summed E-state index contributed by atoms with van der Waals surface area (Å²) in [6.07, 6.45) is 3.43. The van der Waals surface area contributed by atoms with Gasteiger partial charge in [0.15, 0.2) is 0 Å². The molecule has 14 heavy (non-hydrogen) atoms. The van der Waals surface area contributed by atoms with Crippen molar-refractivity contribution >= 4 is 17.7 Å². The maximum atomic E-state index is 10.7. The Kier molecular flexibility index (Phi) is 2.69. The highest BCUT2D eigenvalue weighted by Gasteiger charge is 2.29. The van der Waals surface area contributed by atoms with Crippen LogP contribution in [-0.4, -0.2) is 27.9 Å². The van der Waals surface area contributed by atoms with Crippen molar-refractivity contribution in [1.82, 2.24) is 10.3 Å². The fourth-order valence-corrected chi connectivity index (χ4v) is 2.58. The number of aromatic nitrogens is 1. The molecule has 0 aliphatic carbocycles. The normalized spacial score (nSPS) is 26.3. The molecule has 0 radical (unpaired) electrons. The van der Waals surface area contributed by atoms with Crippen LogP contribution in [0.15, 0.2) is 24.5 Å². The number of pyridine rings is 1. The van der Waals surface area contributed by atoms with Crippen molar-refractivity contribution < 1.29 is 9.90 Å². The summed E-state index contributed by atoms with van der Waals surface area (Å²) < 4.78 is 0. The summed E-state index contributed by atoms with van der Waals surface area (Å²) in [4.78, 5) is 14.6. The number of rotatable bonds is 2. The van der Waals surface area contributed by atoms with Gasteiger partial charge >= 0.3 is 5.97 Å². The van der Waals surface area contributed by atoms with Crippen molar-refractivity contribution in [3.8, 4) is 0 Å². The number of hydrogen-bond acceptors (Lipinski definition) is 4. The third-order valence-corrected chi connectivity index (χ3v) is 3.36. The molecule has 2 N–H and O–H groups in total. The number of thioether (sulfide) groups is 1. The largest absolute Gasteiger partial charge is 0.480 e. The highest BCUT2D eigenvalue weighted by atomic mass is 32.2. The molecule has 0 spiro atoms. The summed E-state index contributed by atoms with van der Waals surface area (Å²) in [6.45, 7) is 0. The van der Waals surface area contributed by atoms with Crippen LogP contribution in [0.5, 0.6) is 0 Å². The highest BCUT2D eigenvalue weighted by Crippen LogP contribution is 2.32. The molecule has 1 aromatic rings. The predicted octanol–water partition coefficient (Wildman–Crippen LogP) is 0.870. The van der Waals surface area contributed by atoms with Crippen molar-refractivity contribution in [3.63, 3.8) is 0 Å². The molecule has 1 fully saturated rings. The molecule has 0 amide bonds. The lowest BCUT2D eigenvalue weighted by Crippen LogP contribution is -2.33. The third-order valence-electron chi connectivity index (χ3n) is 2.09. The summed E-state index contributed by atoms with van der Waals surface area (Å²) in [5, 5.41) is 11.9. The van der Waals surface area contributed by atoms with Crippen LogP contribution in [0.4, 0.5) is 0 Å². The van der Waals surface area contributed by atoms with Gasteiger partial charge in [0.05, 0.1) is 5.37 Å². The number of nitrogens with one attached hydrogen (secondary N) is 1. The summed E-state index contributed by atoms with van der Waals surface area (Å²) in [5.74, 6) is -0.170. The van der Waals surface area contributed by atoms with Crippen LogP contribution < -0.4 is 5.32 Å². The van der Waals surface area contributed by atoms with E-state index in [0.717, 1.165) is 5.56 Å². The zero-order chi connectivity index (χ0) is 9.97. The molecule has 2 rings (SSSR count). The topological polar surface area (TPSA) is 62.2 Å². The van der Waals surface area contributed by atoms with Crippen LogP contribution in [0.25, 0.3) is 0 Å². The summed E-state index contributed by atoms with van der Waals surface area (Å²) >= 11 is 1.61. The third kappa shape index (κ3) is 1.88. The zero-order valence-corrected chi connectivity index (χ0v) is 8.20. The number of nitrogens with zero attached hydrogens (tertiary/aromatic N) is 1. The highest BCUT2D eigenvalue weighted by molar-refractivity contribution is 7.99. The van der Waals surface area contributed by atoms with Crippen LogP contribution in [-0.2, 0) is 4.79 Å². The molecule has 0 aromatic carbocycles. The van der Waals surface area contributed by atoms with Crippen molar-refractivity contribution in [2.75, 3.05) is 5.75 Å². The van der Waals surface area contributed by atoms with Crippen LogP contribution in [0.2, 0.25) is 0 Å². The molecular weight excluding hydrogens is 200 g/mol. The van der Waals surface area contributed by atoms with Gasteiger partial charge in [0.1, 0.15) is 6.04 Å². The lowest BCUT2D eigenvalue weighted by atomic mass is 10.2. The van der Waals surface area contributed by atoms with E-state index in [1.54, 1.807) is 24.2 Å². The van der Waals surface area contributed by atoms with E-state index in [1.807, 2.05) is 12.1 Å². The zero-order valence-electron chi connectivity index (χ0n) is 7.38. The first kappa shape index (κ1) is 9.48. The van der Waals surface area contributed by atoms with E-state index < -0.39 is 12.0 Å². The van der Waals surface area contributed by atoms with Gasteiger partial charge in [-0.3, -0.25) is 15.1 Å². The molecule has 0 saturated carbocycles. The second-order valence-corrected chi connectivity index (χ2v) is 4.19. The van der Waals surface area contributed by atoms with Crippen molar-refractivity contribution in [3.05, 3.63) is 30.1 Å². The first-order chi connectivity index (χ1) is 6.77. The average molecular weight is 210 g/mol. The minimum Gasteiger partial charge on any atom is -0.480 e. The standard InChI is InChI=1S/C9H10N2O2S/c12-9(13)7-5-14-8(11-7)6-1-3-10-4-2-6/h1-4,7-8,11H,5H2,(H,12,13)/t7?,8-/m1/s1. The van der Waals surface area contributed by atoms with Gasteiger partial charge in [0, 0.05) is 18.1 Å². The molecular formula is C9H10N2O2S. The number of carboxylic acid groups (broad SMARTS) is 1. The number of aliphatic carboxylic acids is 1. The molecule has 5 heteroatoms. The van der Waals surface area contributed by atoms with Gasteiger partial charge in [0.2, 0.25) is 0 Å². The first-order valence-electron chi connectivity index (χ1n) is 4.28. The molecule has 1 aliphatic heterocycles. The van der Waals surface area contributed by atoms with E-state index in [-0.39, 0.29) is 5.37 Å². The summed E-state index contributed by atoms with van der Waals surface area (Å²) in [6, 6.07) is 3.36. The van der Waals surface area contributed by atoms with Crippen molar-refractivity contribution in [1.29, 1.82) is 0 Å². The van der Waals surface area contributed by atoms with E-state index in [0.29, 0.717) is 5.75 Å². The Hall–Kier alpha value is -1.07. The van der Waals surface area contributed by atoms with Crippen molar-refractivity contribution in [2.24, 2.45) is 0 Å². The Morgan fingerprint density at radius 2 is 2.29 bits per heavy atom. The van der Waals surface area contributed by atoms with Crippen LogP contribution in [0.3, 0.4) is 0 Å². The maximum Gasteiger partial charge on any atom is 0.321 e. The summed E-state index contributed by atoms with van der Waals surface area (Å²) in [7, 11) is 0. The quantitative estimate of drug-likeness (QED) is 0.758. The van der Waals surface area contributed by atoms with Gasteiger partial charge in [-0.15, -0.1) is 11.8 Å². The second-order valence-electron chi connectivity index (χ2n) is 3.05. The Balaban J connectivity index is 2.06. The summed E-state index contributed by atoms with van der Waals surface area (Å²) in [5.41, 5.74) is 1.08. The van der Waals surface area contributed by atoms with Gasteiger partial charge in [-0.25, -0.2) is 0 Å².